The van der Waals surface area contributed by atoms with Crippen LogP contribution in [0.4, 0.5) is 4.39 Å². The smallest absolute Gasteiger partial charge is 0.123 e. The molecule has 0 aliphatic carbocycles. The molecule has 3 nitrogen and oxygen atoms in total. The first-order valence-electron chi connectivity index (χ1n) is 5.16. The maximum absolute atomic E-state index is 12.6. The minimum atomic E-state index is -0.263. The van der Waals surface area contributed by atoms with E-state index >= 15 is 0 Å². The average Bonchev–Trinajstić information content (AvgIpc) is 2.27. The van der Waals surface area contributed by atoms with Crippen molar-refractivity contribution in [3.63, 3.8) is 0 Å². The predicted molar refractivity (Wildman–Crippen MR) is 59.6 cm³/mol. The Bertz CT molecular complexity index is 345. The molecule has 0 N–H and O–H groups in total. The molecule has 1 aromatic carbocycles. The molecule has 0 saturated carbocycles. The molecule has 0 aliphatic heterocycles. The van der Waals surface area contributed by atoms with Crippen molar-refractivity contribution in [2.75, 3.05) is 26.7 Å². The maximum atomic E-state index is 12.6. The Morgan fingerprint density at radius 3 is 2.69 bits per heavy atom. The topological polar surface area (TPSA) is 36.3 Å². The summed E-state index contributed by atoms with van der Waals surface area (Å²) >= 11 is 0. The van der Waals surface area contributed by atoms with Crippen LogP contribution >= 0.6 is 0 Å². The third kappa shape index (κ3) is 4.76. The van der Waals surface area contributed by atoms with E-state index in [4.69, 9.17) is 10.00 Å². The second-order valence-electron chi connectivity index (χ2n) is 3.55. The number of nitriles is 1. The van der Waals surface area contributed by atoms with Gasteiger partial charge in [-0.15, -0.1) is 0 Å². The zero-order valence-corrected chi connectivity index (χ0v) is 9.32. The van der Waals surface area contributed by atoms with Crippen LogP contribution in [-0.4, -0.2) is 31.6 Å². The standard InChI is InChI=1S/C12H15FN2O/c1-15(9-7-14)8-2-10-16-12-5-3-11(13)4-6-12/h3-6H,2,8-10H2,1H3. The highest BCUT2D eigenvalue weighted by molar-refractivity contribution is 5.21. The van der Waals surface area contributed by atoms with E-state index in [2.05, 4.69) is 6.07 Å². The second-order valence-corrected chi connectivity index (χ2v) is 3.55. The van der Waals surface area contributed by atoms with Crippen LogP contribution in [0.25, 0.3) is 0 Å². The number of rotatable bonds is 6. The van der Waals surface area contributed by atoms with Crippen molar-refractivity contribution >= 4 is 0 Å². The number of hydrogen-bond donors (Lipinski definition) is 0. The molecule has 0 amide bonds. The summed E-state index contributed by atoms with van der Waals surface area (Å²) in [5.74, 6) is 0.408. The van der Waals surface area contributed by atoms with Crippen molar-refractivity contribution in [1.82, 2.24) is 4.90 Å². The molecule has 1 rings (SSSR count). The summed E-state index contributed by atoms with van der Waals surface area (Å²) in [5, 5.41) is 8.44. The lowest BCUT2D eigenvalue weighted by atomic mass is 10.3. The van der Waals surface area contributed by atoms with E-state index in [1.54, 1.807) is 12.1 Å². The van der Waals surface area contributed by atoms with Crippen LogP contribution in [0.5, 0.6) is 5.75 Å². The zero-order valence-electron chi connectivity index (χ0n) is 9.32. The van der Waals surface area contributed by atoms with Crippen LogP contribution in [0.3, 0.4) is 0 Å². The van der Waals surface area contributed by atoms with Gasteiger partial charge in [0.25, 0.3) is 0 Å². The van der Waals surface area contributed by atoms with Crippen LogP contribution in [0, 0.1) is 17.1 Å². The van der Waals surface area contributed by atoms with Crippen LogP contribution in [0.15, 0.2) is 24.3 Å². The molecule has 0 radical (unpaired) electrons. The van der Waals surface area contributed by atoms with Gasteiger partial charge >= 0.3 is 0 Å². The van der Waals surface area contributed by atoms with Crippen molar-refractivity contribution in [2.45, 2.75) is 6.42 Å². The van der Waals surface area contributed by atoms with Gasteiger partial charge in [0.15, 0.2) is 0 Å². The third-order valence-electron chi connectivity index (χ3n) is 2.11. The Morgan fingerprint density at radius 1 is 1.38 bits per heavy atom. The van der Waals surface area contributed by atoms with Gasteiger partial charge in [-0.2, -0.15) is 5.26 Å². The molecule has 0 fully saturated rings. The molecule has 0 bridgehead atoms. The molecular formula is C12H15FN2O. The van der Waals surface area contributed by atoms with E-state index in [9.17, 15) is 4.39 Å². The minimum absolute atomic E-state index is 0.263. The van der Waals surface area contributed by atoms with Gasteiger partial charge in [-0.1, -0.05) is 0 Å². The SMILES string of the molecule is CN(CC#N)CCCOc1ccc(F)cc1. The van der Waals surface area contributed by atoms with Gasteiger partial charge in [0.2, 0.25) is 0 Å². The molecule has 0 saturated heterocycles. The van der Waals surface area contributed by atoms with Crippen LogP contribution < -0.4 is 4.74 Å². The Balaban J connectivity index is 2.16. The zero-order chi connectivity index (χ0) is 11.8. The fourth-order valence-electron chi connectivity index (χ4n) is 1.26. The number of benzene rings is 1. The number of halogens is 1. The number of nitrogens with zero attached hydrogens (tertiary/aromatic N) is 2. The van der Waals surface area contributed by atoms with Gasteiger partial charge in [-0.05, 0) is 37.7 Å². The normalized spacial score (nSPS) is 10.1. The fourth-order valence-corrected chi connectivity index (χ4v) is 1.26. The van der Waals surface area contributed by atoms with Crippen molar-refractivity contribution in [3.05, 3.63) is 30.1 Å². The van der Waals surface area contributed by atoms with E-state index in [0.29, 0.717) is 18.9 Å². The molecule has 0 unspecified atom stereocenters. The first-order valence-corrected chi connectivity index (χ1v) is 5.16. The lowest BCUT2D eigenvalue weighted by Crippen LogP contribution is -2.21. The van der Waals surface area contributed by atoms with E-state index in [1.165, 1.54) is 12.1 Å². The first-order chi connectivity index (χ1) is 7.72. The Labute approximate surface area is 95.1 Å². The highest BCUT2D eigenvalue weighted by Crippen LogP contribution is 2.11. The molecule has 0 heterocycles. The molecule has 0 spiro atoms. The summed E-state index contributed by atoms with van der Waals surface area (Å²) in [6.07, 6.45) is 0.843. The molecule has 0 aromatic heterocycles. The van der Waals surface area contributed by atoms with Crippen molar-refractivity contribution in [2.24, 2.45) is 0 Å². The molecule has 4 heteroatoms. The monoisotopic (exact) mass is 222 g/mol. The van der Waals surface area contributed by atoms with Gasteiger partial charge in [0, 0.05) is 6.54 Å². The predicted octanol–water partition coefficient (Wildman–Crippen LogP) is 2.05. The van der Waals surface area contributed by atoms with E-state index in [1.807, 2.05) is 11.9 Å². The van der Waals surface area contributed by atoms with Crippen molar-refractivity contribution in [3.8, 4) is 11.8 Å². The van der Waals surface area contributed by atoms with E-state index in [0.717, 1.165) is 13.0 Å². The van der Waals surface area contributed by atoms with Crippen molar-refractivity contribution < 1.29 is 9.13 Å². The molecule has 1 aromatic rings. The number of ether oxygens (including phenoxy) is 1. The molecule has 0 aliphatic rings. The highest BCUT2D eigenvalue weighted by Gasteiger charge is 1.98. The van der Waals surface area contributed by atoms with Crippen LogP contribution in [0.1, 0.15) is 6.42 Å². The van der Waals surface area contributed by atoms with Gasteiger partial charge in [-0.3, -0.25) is 4.90 Å². The summed E-state index contributed by atoms with van der Waals surface area (Å²) in [6, 6.07) is 8.03. The van der Waals surface area contributed by atoms with Crippen molar-refractivity contribution in [1.29, 1.82) is 5.26 Å². The lowest BCUT2D eigenvalue weighted by Gasteiger charge is -2.12. The Morgan fingerprint density at radius 2 is 2.06 bits per heavy atom. The maximum Gasteiger partial charge on any atom is 0.123 e. The summed E-state index contributed by atoms with van der Waals surface area (Å²) in [4.78, 5) is 1.92. The third-order valence-corrected chi connectivity index (χ3v) is 2.11. The summed E-state index contributed by atoms with van der Waals surface area (Å²) in [7, 11) is 1.89. The molecule has 86 valence electrons. The first kappa shape index (κ1) is 12.5. The Hall–Kier alpha value is -1.60. The van der Waals surface area contributed by atoms with Crippen LogP contribution in [0.2, 0.25) is 0 Å². The van der Waals surface area contributed by atoms with E-state index in [-0.39, 0.29) is 5.82 Å². The van der Waals surface area contributed by atoms with Gasteiger partial charge in [0.1, 0.15) is 11.6 Å². The quantitative estimate of drug-likeness (QED) is 0.546. The molecule has 16 heavy (non-hydrogen) atoms. The lowest BCUT2D eigenvalue weighted by molar-refractivity contribution is 0.274. The second kappa shape index (κ2) is 6.81. The minimum Gasteiger partial charge on any atom is -0.494 e. The highest BCUT2D eigenvalue weighted by atomic mass is 19.1. The summed E-state index contributed by atoms with van der Waals surface area (Å²) in [6.45, 7) is 1.81. The van der Waals surface area contributed by atoms with Gasteiger partial charge in [-0.25, -0.2) is 4.39 Å². The van der Waals surface area contributed by atoms with Gasteiger partial charge < -0.3 is 4.74 Å². The summed E-state index contributed by atoms with van der Waals surface area (Å²) in [5.41, 5.74) is 0. The average molecular weight is 222 g/mol. The number of hydrogen-bond acceptors (Lipinski definition) is 3. The van der Waals surface area contributed by atoms with Gasteiger partial charge in [0.05, 0.1) is 19.2 Å². The molecular weight excluding hydrogens is 207 g/mol. The van der Waals surface area contributed by atoms with E-state index < -0.39 is 0 Å². The largest absolute Gasteiger partial charge is 0.494 e. The fraction of sp³-hybridized carbons (Fsp3) is 0.417. The van der Waals surface area contributed by atoms with Crippen LogP contribution in [-0.2, 0) is 0 Å². The Kier molecular flexibility index (Phi) is 5.30. The summed E-state index contributed by atoms with van der Waals surface area (Å²) < 4.78 is 18.0. The molecule has 0 atom stereocenters.